The number of rotatable bonds is 5. The lowest BCUT2D eigenvalue weighted by atomic mass is 10.2. The zero-order chi connectivity index (χ0) is 15.2. The molecule has 0 aliphatic rings. The molecule has 0 fully saturated rings. The van der Waals surface area contributed by atoms with Crippen LogP contribution in [0.25, 0.3) is 0 Å². The lowest BCUT2D eigenvalue weighted by Crippen LogP contribution is -2.14. The van der Waals surface area contributed by atoms with Crippen LogP contribution >= 0.6 is 0 Å². The molecule has 2 aromatic rings. The number of aromatic amines is 1. The standard InChI is InChI=1S/C13H15N5O3/c1-3-21-13-16-12(17-18-13)15-11(20)9-5-4-6-10(7-9)14-8(2)19/h4-7H,3H2,1-2H3,(H,14,19)(H2,15,16,17,18,20). The van der Waals surface area contributed by atoms with Crippen LogP contribution in [0.1, 0.15) is 24.2 Å². The molecule has 2 amide bonds. The molecule has 0 unspecified atom stereocenters. The third-order valence-corrected chi connectivity index (χ3v) is 2.42. The van der Waals surface area contributed by atoms with Gasteiger partial charge < -0.3 is 10.1 Å². The van der Waals surface area contributed by atoms with Gasteiger partial charge in [0.15, 0.2) is 0 Å². The van der Waals surface area contributed by atoms with Crippen LogP contribution < -0.4 is 15.4 Å². The van der Waals surface area contributed by atoms with Gasteiger partial charge in [0.1, 0.15) is 0 Å². The molecule has 1 aromatic carbocycles. The van der Waals surface area contributed by atoms with E-state index in [-0.39, 0.29) is 23.8 Å². The van der Waals surface area contributed by atoms with E-state index in [1.165, 1.54) is 6.92 Å². The molecule has 110 valence electrons. The molecule has 0 aliphatic heterocycles. The van der Waals surface area contributed by atoms with Crippen molar-refractivity contribution in [3.8, 4) is 6.01 Å². The maximum Gasteiger partial charge on any atom is 0.337 e. The molecule has 0 saturated carbocycles. The highest BCUT2D eigenvalue weighted by atomic mass is 16.5. The number of nitrogens with one attached hydrogen (secondary N) is 3. The second-order valence-electron chi connectivity index (χ2n) is 4.12. The van der Waals surface area contributed by atoms with Crippen molar-refractivity contribution in [2.24, 2.45) is 0 Å². The maximum atomic E-state index is 12.1. The van der Waals surface area contributed by atoms with Crippen LogP contribution in [0.15, 0.2) is 24.3 Å². The highest BCUT2D eigenvalue weighted by Gasteiger charge is 2.10. The van der Waals surface area contributed by atoms with Crippen molar-refractivity contribution in [1.82, 2.24) is 15.2 Å². The number of ether oxygens (including phenoxy) is 1. The van der Waals surface area contributed by atoms with Crippen LogP contribution in [0.3, 0.4) is 0 Å². The molecule has 21 heavy (non-hydrogen) atoms. The molecule has 3 N–H and O–H groups in total. The average Bonchev–Trinajstić information content (AvgIpc) is 2.86. The molecular formula is C13H15N5O3. The molecule has 0 saturated heterocycles. The predicted octanol–water partition coefficient (Wildman–Crippen LogP) is 1.41. The first kappa shape index (κ1) is 14.5. The number of benzene rings is 1. The fraction of sp³-hybridized carbons (Fsp3) is 0.231. The summed E-state index contributed by atoms with van der Waals surface area (Å²) >= 11 is 0. The number of H-pyrrole nitrogens is 1. The van der Waals surface area contributed by atoms with Crippen molar-refractivity contribution in [3.63, 3.8) is 0 Å². The minimum Gasteiger partial charge on any atom is -0.463 e. The zero-order valence-corrected chi connectivity index (χ0v) is 11.6. The molecule has 0 spiro atoms. The van der Waals surface area contributed by atoms with E-state index >= 15 is 0 Å². The van der Waals surface area contributed by atoms with Crippen molar-refractivity contribution < 1.29 is 14.3 Å². The Morgan fingerprint density at radius 2 is 2.14 bits per heavy atom. The molecular weight excluding hydrogens is 274 g/mol. The second-order valence-corrected chi connectivity index (χ2v) is 4.12. The highest BCUT2D eigenvalue weighted by molar-refractivity contribution is 6.04. The third-order valence-electron chi connectivity index (χ3n) is 2.42. The minimum atomic E-state index is -0.374. The summed E-state index contributed by atoms with van der Waals surface area (Å²) < 4.78 is 5.08. The Balaban J connectivity index is 2.06. The zero-order valence-electron chi connectivity index (χ0n) is 11.6. The highest BCUT2D eigenvalue weighted by Crippen LogP contribution is 2.13. The van der Waals surface area contributed by atoms with Gasteiger partial charge in [-0.05, 0) is 25.1 Å². The number of anilines is 2. The van der Waals surface area contributed by atoms with Crippen molar-refractivity contribution >= 4 is 23.5 Å². The van der Waals surface area contributed by atoms with Crippen molar-refractivity contribution in [2.45, 2.75) is 13.8 Å². The average molecular weight is 289 g/mol. The minimum absolute atomic E-state index is 0.166. The number of carbonyl (C=O) groups is 2. The van der Waals surface area contributed by atoms with E-state index in [1.54, 1.807) is 24.3 Å². The predicted molar refractivity (Wildman–Crippen MR) is 76.3 cm³/mol. The first-order valence-electron chi connectivity index (χ1n) is 6.32. The Bertz CT molecular complexity index is 653. The number of nitrogens with zero attached hydrogens (tertiary/aromatic N) is 2. The van der Waals surface area contributed by atoms with E-state index < -0.39 is 0 Å². The summed E-state index contributed by atoms with van der Waals surface area (Å²) in [6.07, 6.45) is 0. The molecule has 8 nitrogen and oxygen atoms in total. The van der Waals surface area contributed by atoms with Crippen LogP contribution in [-0.2, 0) is 4.79 Å². The fourth-order valence-electron chi connectivity index (χ4n) is 1.62. The van der Waals surface area contributed by atoms with Gasteiger partial charge in [-0.15, -0.1) is 5.10 Å². The van der Waals surface area contributed by atoms with Gasteiger partial charge in [0.2, 0.25) is 11.9 Å². The number of aromatic nitrogens is 3. The maximum absolute atomic E-state index is 12.1. The van der Waals surface area contributed by atoms with Gasteiger partial charge in [-0.1, -0.05) is 6.07 Å². The second kappa shape index (κ2) is 6.51. The number of hydrogen-bond acceptors (Lipinski definition) is 5. The van der Waals surface area contributed by atoms with Crippen LogP contribution in [-0.4, -0.2) is 33.6 Å². The van der Waals surface area contributed by atoms with Gasteiger partial charge in [-0.3, -0.25) is 14.9 Å². The molecule has 8 heteroatoms. The molecule has 0 aliphatic carbocycles. The van der Waals surface area contributed by atoms with Crippen LogP contribution in [0.2, 0.25) is 0 Å². The monoisotopic (exact) mass is 289 g/mol. The Hall–Kier alpha value is -2.90. The third kappa shape index (κ3) is 4.03. The SMILES string of the molecule is CCOc1n[nH]c(NC(=O)c2cccc(NC(C)=O)c2)n1. The molecule has 1 aromatic heterocycles. The number of amides is 2. The lowest BCUT2D eigenvalue weighted by molar-refractivity contribution is -0.114. The molecule has 0 bridgehead atoms. The molecule has 2 rings (SSSR count). The number of carbonyl (C=O) groups excluding carboxylic acids is 2. The summed E-state index contributed by atoms with van der Waals surface area (Å²) in [5.41, 5.74) is 0.929. The Morgan fingerprint density at radius 3 is 2.86 bits per heavy atom. The van der Waals surface area contributed by atoms with E-state index in [4.69, 9.17) is 4.74 Å². The van der Waals surface area contributed by atoms with Gasteiger partial charge in [0.05, 0.1) is 6.61 Å². The Labute approximate surface area is 120 Å². The number of hydrogen-bond donors (Lipinski definition) is 3. The normalized spacial score (nSPS) is 10.0. The first-order chi connectivity index (χ1) is 10.1. The summed E-state index contributed by atoms with van der Waals surface area (Å²) in [5.74, 6) is -0.390. The van der Waals surface area contributed by atoms with Crippen molar-refractivity contribution in [2.75, 3.05) is 17.2 Å². The molecule has 0 atom stereocenters. The molecule has 1 heterocycles. The Kier molecular flexibility index (Phi) is 4.50. The van der Waals surface area contributed by atoms with E-state index in [0.717, 1.165) is 0 Å². The van der Waals surface area contributed by atoms with Gasteiger partial charge in [0.25, 0.3) is 5.91 Å². The summed E-state index contributed by atoms with van der Waals surface area (Å²) in [7, 11) is 0. The summed E-state index contributed by atoms with van der Waals surface area (Å²) in [6, 6.07) is 6.73. The van der Waals surface area contributed by atoms with Crippen molar-refractivity contribution in [3.05, 3.63) is 29.8 Å². The van der Waals surface area contributed by atoms with Crippen LogP contribution in [0, 0.1) is 0 Å². The van der Waals surface area contributed by atoms with Gasteiger partial charge >= 0.3 is 6.01 Å². The topological polar surface area (TPSA) is 109 Å². The van der Waals surface area contributed by atoms with E-state index in [9.17, 15) is 9.59 Å². The smallest absolute Gasteiger partial charge is 0.337 e. The van der Waals surface area contributed by atoms with Gasteiger partial charge in [-0.2, -0.15) is 4.98 Å². The van der Waals surface area contributed by atoms with Crippen molar-refractivity contribution in [1.29, 1.82) is 0 Å². The van der Waals surface area contributed by atoms with E-state index in [1.807, 2.05) is 6.92 Å². The fourth-order valence-corrected chi connectivity index (χ4v) is 1.62. The van der Waals surface area contributed by atoms with E-state index in [2.05, 4.69) is 25.8 Å². The lowest BCUT2D eigenvalue weighted by Gasteiger charge is -2.05. The summed E-state index contributed by atoms with van der Waals surface area (Å²) in [6.45, 7) is 3.64. The van der Waals surface area contributed by atoms with E-state index in [0.29, 0.717) is 17.9 Å². The Morgan fingerprint density at radius 1 is 1.33 bits per heavy atom. The van der Waals surface area contributed by atoms with Gasteiger partial charge in [-0.25, -0.2) is 5.10 Å². The molecule has 0 radical (unpaired) electrons. The van der Waals surface area contributed by atoms with Crippen LogP contribution in [0.5, 0.6) is 6.01 Å². The largest absolute Gasteiger partial charge is 0.463 e. The quantitative estimate of drug-likeness (QED) is 0.771. The summed E-state index contributed by atoms with van der Waals surface area (Å²) in [4.78, 5) is 27.0. The van der Waals surface area contributed by atoms with Crippen LogP contribution in [0.4, 0.5) is 11.6 Å². The van der Waals surface area contributed by atoms with Gasteiger partial charge in [0, 0.05) is 18.2 Å². The summed E-state index contributed by atoms with van der Waals surface area (Å²) in [5, 5.41) is 11.5. The first-order valence-corrected chi connectivity index (χ1v) is 6.32.